The standard InChI is InChI=1S/C16H31N3/c1-3-5-7-8-9-10-11-13-16-15-17-18-19(16)14-12-6-4-2/h15H,3-14H2,1-2H3. The van der Waals surface area contributed by atoms with Crippen LogP contribution >= 0.6 is 0 Å². The Morgan fingerprint density at radius 1 is 0.842 bits per heavy atom. The van der Waals surface area contributed by atoms with E-state index in [1.807, 2.05) is 6.20 Å². The summed E-state index contributed by atoms with van der Waals surface area (Å²) in [4.78, 5) is 0. The van der Waals surface area contributed by atoms with E-state index in [1.54, 1.807) is 0 Å². The van der Waals surface area contributed by atoms with Crippen LogP contribution in [0.4, 0.5) is 0 Å². The highest BCUT2D eigenvalue weighted by Gasteiger charge is 2.03. The van der Waals surface area contributed by atoms with Crippen molar-refractivity contribution in [3.63, 3.8) is 0 Å². The average molecular weight is 265 g/mol. The predicted molar refractivity (Wildman–Crippen MR) is 81.2 cm³/mol. The van der Waals surface area contributed by atoms with Gasteiger partial charge in [-0.05, 0) is 19.3 Å². The van der Waals surface area contributed by atoms with Crippen LogP contribution in [0.25, 0.3) is 0 Å². The zero-order valence-electron chi connectivity index (χ0n) is 12.9. The summed E-state index contributed by atoms with van der Waals surface area (Å²) in [5.74, 6) is 0. The van der Waals surface area contributed by atoms with Gasteiger partial charge in [0.15, 0.2) is 0 Å². The minimum absolute atomic E-state index is 1.04. The molecule has 0 aliphatic carbocycles. The first-order chi connectivity index (χ1) is 9.38. The van der Waals surface area contributed by atoms with Gasteiger partial charge < -0.3 is 0 Å². The van der Waals surface area contributed by atoms with Crippen LogP contribution in [0.15, 0.2) is 6.20 Å². The SMILES string of the molecule is CCCCCCCCCc1cnnn1CCCCC. The molecule has 0 amide bonds. The van der Waals surface area contributed by atoms with Gasteiger partial charge in [0.1, 0.15) is 0 Å². The van der Waals surface area contributed by atoms with Gasteiger partial charge in [-0.2, -0.15) is 0 Å². The van der Waals surface area contributed by atoms with Crippen LogP contribution < -0.4 is 0 Å². The molecule has 0 saturated carbocycles. The Kier molecular flexibility index (Phi) is 9.38. The van der Waals surface area contributed by atoms with Gasteiger partial charge in [-0.15, -0.1) is 5.10 Å². The van der Waals surface area contributed by atoms with Gasteiger partial charge in [-0.1, -0.05) is 70.4 Å². The van der Waals surface area contributed by atoms with E-state index in [4.69, 9.17) is 0 Å². The third-order valence-electron chi connectivity index (χ3n) is 3.71. The van der Waals surface area contributed by atoms with E-state index >= 15 is 0 Å². The second-order valence-electron chi connectivity index (χ2n) is 5.53. The Labute approximate surface area is 118 Å². The molecule has 0 radical (unpaired) electrons. The predicted octanol–water partition coefficient (Wildman–Crippen LogP) is 4.76. The summed E-state index contributed by atoms with van der Waals surface area (Å²) in [6, 6.07) is 0. The third-order valence-corrected chi connectivity index (χ3v) is 3.71. The second kappa shape index (κ2) is 11.0. The number of aryl methyl sites for hydroxylation is 2. The lowest BCUT2D eigenvalue weighted by atomic mass is 10.1. The van der Waals surface area contributed by atoms with Gasteiger partial charge >= 0.3 is 0 Å². The summed E-state index contributed by atoms with van der Waals surface area (Å²) in [5.41, 5.74) is 1.32. The fourth-order valence-electron chi connectivity index (χ4n) is 2.44. The molecule has 0 aliphatic rings. The van der Waals surface area contributed by atoms with Gasteiger partial charge in [0.2, 0.25) is 0 Å². The van der Waals surface area contributed by atoms with Crippen molar-refractivity contribution in [2.75, 3.05) is 0 Å². The van der Waals surface area contributed by atoms with Crippen molar-refractivity contribution >= 4 is 0 Å². The molecule has 1 heterocycles. The lowest BCUT2D eigenvalue weighted by Gasteiger charge is -2.05. The molecule has 0 fully saturated rings. The summed E-state index contributed by atoms with van der Waals surface area (Å²) >= 11 is 0. The van der Waals surface area contributed by atoms with E-state index in [0.29, 0.717) is 0 Å². The fraction of sp³-hybridized carbons (Fsp3) is 0.875. The molecule has 1 rings (SSSR count). The van der Waals surface area contributed by atoms with E-state index in [9.17, 15) is 0 Å². The lowest BCUT2D eigenvalue weighted by molar-refractivity contribution is 0.510. The largest absolute Gasteiger partial charge is 0.249 e. The number of hydrogen-bond acceptors (Lipinski definition) is 2. The van der Waals surface area contributed by atoms with E-state index in [0.717, 1.165) is 13.0 Å². The summed E-state index contributed by atoms with van der Waals surface area (Å²) in [7, 11) is 0. The van der Waals surface area contributed by atoms with Crippen LogP contribution in [-0.2, 0) is 13.0 Å². The molecule has 0 bridgehead atoms. The first-order valence-electron chi connectivity index (χ1n) is 8.25. The molecule has 0 N–H and O–H groups in total. The van der Waals surface area contributed by atoms with Crippen molar-refractivity contribution in [1.82, 2.24) is 15.0 Å². The molecule has 0 aromatic carbocycles. The number of rotatable bonds is 12. The zero-order valence-corrected chi connectivity index (χ0v) is 12.9. The smallest absolute Gasteiger partial charge is 0.0725 e. The van der Waals surface area contributed by atoms with Gasteiger partial charge in [0, 0.05) is 6.54 Å². The van der Waals surface area contributed by atoms with Crippen molar-refractivity contribution in [2.45, 2.75) is 91.0 Å². The van der Waals surface area contributed by atoms with Gasteiger partial charge in [0.05, 0.1) is 11.9 Å². The minimum Gasteiger partial charge on any atom is -0.249 e. The highest BCUT2D eigenvalue weighted by Crippen LogP contribution is 2.10. The zero-order chi connectivity index (χ0) is 13.8. The Hall–Kier alpha value is -0.860. The van der Waals surface area contributed by atoms with Crippen molar-refractivity contribution in [2.24, 2.45) is 0 Å². The van der Waals surface area contributed by atoms with E-state index < -0.39 is 0 Å². The first kappa shape index (κ1) is 16.2. The monoisotopic (exact) mass is 265 g/mol. The van der Waals surface area contributed by atoms with E-state index in [-0.39, 0.29) is 0 Å². The van der Waals surface area contributed by atoms with Crippen molar-refractivity contribution in [3.8, 4) is 0 Å². The normalized spacial score (nSPS) is 11.1. The number of unbranched alkanes of at least 4 members (excludes halogenated alkanes) is 8. The first-order valence-corrected chi connectivity index (χ1v) is 8.25. The Morgan fingerprint density at radius 2 is 1.47 bits per heavy atom. The molecule has 1 aromatic rings. The topological polar surface area (TPSA) is 30.7 Å². The second-order valence-corrected chi connectivity index (χ2v) is 5.53. The van der Waals surface area contributed by atoms with Gasteiger partial charge in [-0.3, -0.25) is 0 Å². The third kappa shape index (κ3) is 7.34. The summed E-state index contributed by atoms with van der Waals surface area (Å²) in [5, 5.41) is 8.25. The van der Waals surface area contributed by atoms with Gasteiger partial charge in [0.25, 0.3) is 0 Å². The fourth-order valence-corrected chi connectivity index (χ4v) is 2.44. The Morgan fingerprint density at radius 3 is 2.21 bits per heavy atom. The van der Waals surface area contributed by atoms with Crippen LogP contribution in [0.2, 0.25) is 0 Å². The molecule has 0 spiro atoms. The van der Waals surface area contributed by atoms with E-state index in [1.165, 1.54) is 69.9 Å². The van der Waals surface area contributed by atoms with Gasteiger partial charge in [-0.25, -0.2) is 4.68 Å². The van der Waals surface area contributed by atoms with Crippen molar-refractivity contribution in [3.05, 3.63) is 11.9 Å². The van der Waals surface area contributed by atoms with Crippen molar-refractivity contribution < 1.29 is 0 Å². The summed E-state index contributed by atoms with van der Waals surface area (Å²) in [6.45, 7) is 5.55. The molecule has 19 heavy (non-hydrogen) atoms. The van der Waals surface area contributed by atoms with Crippen molar-refractivity contribution in [1.29, 1.82) is 0 Å². The molecule has 110 valence electrons. The molecule has 3 nitrogen and oxygen atoms in total. The molecule has 0 aliphatic heterocycles. The minimum atomic E-state index is 1.04. The average Bonchev–Trinajstić information content (AvgIpc) is 2.86. The highest BCUT2D eigenvalue weighted by atomic mass is 15.4. The number of nitrogens with zero attached hydrogens (tertiary/aromatic N) is 3. The molecular formula is C16H31N3. The maximum atomic E-state index is 4.19. The number of aromatic nitrogens is 3. The summed E-state index contributed by atoms with van der Waals surface area (Å²) < 4.78 is 2.10. The maximum absolute atomic E-state index is 4.19. The number of hydrogen-bond donors (Lipinski definition) is 0. The van der Waals surface area contributed by atoms with Crippen LogP contribution in [0.1, 0.15) is 83.7 Å². The van der Waals surface area contributed by atoms with Crippen LogP contribution in [0.3, 0.4) is 0 Å². The molecule has 3 heteroatoms. The highest BCUT2D eigenvalue weighted by molar-refractivity contribution is 4.93. The van der Waals surface area contributed by atoms with Crippen LogP contribution in [-0.4, -0.2) is 15.0 Å². The van der Waals surface area contributed by atoms with E-state index in [2.05, 4.69) is 28.8 Å². The molecule has 1 aromatic heterocycles. The molecule has 0 atom stereocenters. The summed E-state index contributed by atoms with van der Waals surface area (Å²) in [6.07, 6.45) is 16.4. The molecule has 0 unspecified atom stereocenters. The Bertz CT molecular complexity index is 307. The lowest BCUT2D eigenvalue weighted by Crippen LogP contribution is -2.05. The quantitative estimate of drug-likeness (QED) is 0.510. The Balaban J connectivity index is 2.10. The van der Waals surface area contributed by atoms with Crippen LogP contribution in [0.5, 0.6) is 0 Å². The van der Waals surface area contributed by atoms with Crippen LogP contribution in [0, 0.1) is 0 Å². The molecular weight excluding hydrogens is 234 g/mol. The molecule has 0 saturated heterocycles. The maximum Gasteiger partial charge on any atom is 0.0725 e.